The van der Waals surface area contributed by atoms with Crippen molar-refractivity contribution in [1.82, 2.24) is 15.2 Å². The number of nitrogens with zero attached hydrogens (tertiary/aromatic N) is 2. The van der Waals surface area contributed by atoms with Crippen LogP contribution in [0.4, 0.5) is 0 Å². The summed E-state index contributed by atoms with van der Waals surface area (Å²) in [6.07, 6.45) is 4.62. The zero-order valence-corrected chi connectivity index (χ0v) is 19.4. The fourth-order valence-corrected chi connectivity index (χ4v) is 6.14. The molecule has 0 bridgehead atoms. The molecule has 162 valence electrons. The molecule has 1 aliphatic carbocycles. The molecule has 0 fully saturated rings. The molecule has 0 saturated carbocycles. The Kier molecular flexibility index (Phi) is 6.07. The van der Waals surface area contributed by atoms with Crippen LogP contribution in [0.2, 0.25) is 0 Å². The van der Waals surface area contributed by atoms with Crippen LogP contribution in [0.15, 0.2) is 35.0 Å². The molecule has 1 atom stereocenters. The number of aryl methyl sites for hydroxylation is 3. The molecule has 31 heavy (non-hydrogen) atoms. The third-order valence-electron chi connectivity index (χ3n) is 5.91. The number of aromatic nitrogens is 1. The van der Waals surface area contributed by atoms with E-state index in [-0.39, 0.29) is 12.0 Å². The molecule has 2 aromatic heterocycles. The number of nitrogens with one attached hydrogen (secondary N) is 1. The van der Waals surface area contributed by atoms with E-state index in [0.717, 1.165) is 34.7 Å². The van der Waals surface area contributed by atoms with Gasteiger partial charge in [0.1, 0.15) is 16.9 Å². The maximum atomic E-state index is 12.8. The van der Waals surface area contributed by atoms with Gasteiger partial charge in [-0.15, -0.1) is 11.3 Å². The molecule has 0 spiro atoms. The van der Waals surface area contributed by atoms with Crippen molar-refractivity contribution < 1.29 is 9.53 Å². The molecule has 0 unspecified atom stereocenters. The molecule has 1 aromatic carbocycles. The molecule has 3 heterocycles. The van der Waals surface area contributed by atoms with Gasteiger partial charge >= 0.3 is 0 Å². The Morgan fingerprint density at radius 2 is 2.19 bits per heavy atom. The Morgan fingerprint density at radius 3 is 3.03 bits per heavy atom. The summed E-state index contributed by atoms with van der Waals surface area (Å²) in [5, 5.41) is 8.32. The number of carbonyl (C=O) groups is 1. The van der Waals surface area contributed by atoms with Gasteiger partial charge in [0.05, 0.1) is 18.8 Å². The molecule has 1 N–H and O–H groups in total. The summed E-state index contributed by atoms with van der Waals surface area (Å²) in [6, 6.07) is 8.41. The van der Waals surface area contributed by atoms with E-state index in [1.54, 1.807) is 22.7 Å². The van der Waals surface area contributed by atoms with E-state index in [0.29, 0.717) is 26.2 Å². The monoisotopic (exact) mass is 453 g/mol. The largest absolute Gasteiger partial charge is 0.484 e. The highest BCUT2D eigenvalue weighted by atomic mass is 32.1. The average molecular weight is 454 g/mol. The van der Waals surface area contributed by atoms with Crippen LogP contribution in [0.3, 0.4) is 0 Å². The maximum Gasteiger partial charge on any atom is 0.234 e. The molecule has 0 saturated heterocycles. The van der Waals surface area contributed by atoms with Gasteiger partial charge in [0, 0.05) is 29.1 Å². The molecular formula is C24H27N3O2S2. The molecule has 0 radical (unpaired) electrons. The van der Waals surface area contributed by atoms with Gasteiger partial charge in [-0.2, -0.15) is 11.3 Å². The number of thiazole rings is 1. The Labute approximate surface area is 191 Å². The van der Waals surface area contributed by atoms with E-state index in [4.69, 9.17) is 9.72 Å². The summed E-state index contributed by atoms with van der Waals surface area (Å²) in [4.78, 5) is 21.1. The van der Waals surface area contributed by atoms with Crippen LogP contribution < -0.4 is 10.1 Å². The van der Waals surface area contributed by atoms with Crippen molar-refractivity contribution in [1.29, 1.82) is 0 Å². The van der Waals surface area contributed by atoms with Crippen molar-refractivity contribution in [3.05, 3.63) is 67.3 Å². The SMILES string of the molecule is Cc1ccc2c(c1)CN(CC(=O)NCc1nc3c(s1)CCCC3)C[C@H](c1ccsc1)O2. The van der Waals surface area contributed by atoms with Crippen molar-refractivity contribution in [2.45, 2.75) is 51.8 Å². The highest BCUT2D eigenvalue weighted by Gasteiger charge is 2.26. The van der Waals surface area contributed by atoms with Crippen LogP contribution in [-0.2, 0) is 30.7 Å². The Bertz CT molecular complexity index is 1040. The van der Waals surface area contributed by atoms with Crippen LogP contribution in [0.5, 0.6) is 5.75 Å². The van der Waals surface area contributed by atoms with Crippen molar-refractivity contribution in [3.63, 3.8) is 0 Å². The second-order valence-electron chi connectivity index (χ2n) is 8.41. The molecule has 5 rings (SSSR count). The number of rotatable bonds is 5. The standard InChI is InChI=1S/C24H27N3O2S2/c1-16-6-7-20-18(10-16)12-27(13-21(29-20)17-8-9-30-15-17)14-23(28)25-11-24-26-19-4-2-3-5-22(19)31-24/h6-10,15,21H,2-5,11-14H2,1H3,(H,25,28)/t21-/m1/s1. The predicted molar refractivity (Wildman–Crippen MR) is 125 cm³/mol. The van der Waals surface area contributed by atoms with Gasteiger partial charge in [-0.25, -0.2) is 4.98 Å². The zero-order valence-electron chi connectivity index (χ0n) is 17.7. The number of ether oxygens (including phenoxy) is 1. The maximum absolute atomic E-state index is 12.8. The molecule has 1 aliphatic heterocycles. The van der Waals surface area contributed by atoms with E-state index in [1.807, 2.05) is 0 Å². The van der Waals surface area contributed by atoms with E-state index in [1.165, 1.54) is 29.0 Å². The van der Waals surface area contributed by atoms with Crippen LogP contribution >= 0.6 is 22.7 Å². The summed E-state index contributed by atoms with van der Waals surface area (Å²) < 4.78 is 6.37. The Balaban J connectivity index is 1.26. The first-order valence-electron chi connectivity index (χ1n) is 10.9. The van der Waals surface area contributed by atoms with Gasteiger partial charge in [0.15, 0.2) is 0 Å². The second-order valence-corrected chi connectivity index (χ2v) is 10.4. The topological polar surface area (TPSA) is 54.5 Å². The molecule has 5 nitrogen and oxygen atoms in total. The lowest BCUT2D eigenvalue weighted by Crippen LogP contribution is -2.38. The summed E-state index contributed by atoms with van der Waals surface area (Å²) in [5.74, 6) is 0.950. The van der Waals surface area contributed by atoms with Crippen molar-refractivity contribution >= 4 is 28.6 Å². The Morgan fingerprint density at radius 1 is 1.29 bits per heavy atom. The van der Waals surface area contributed by atoms with E-state index in [2.05, 4.69) is 52.2 Å². The van der Waals surface area contributed by atoms with E-state index in [9.17, 15) is 4.79 Å². The number of thiophene rings is 1. The minimum Gasteiger partial charge on any atom is -0.484 e. The number of carbonyl (C=O) groups excluding carboxylic acids is 1. The first kappa shape index (κ1) is 20.7. The smallest absolute Gasteiger partial charge is 0.234 e. The summed E-state index contributed by atoms with van der Waals surface area (Å²) in [6.45, 7) is 4.35. The minimum atomic E-state index is -0.0753. The van der Waals surface area contributed by atoms with Gasteiger partial charge in [0.2, 0.25) is 5.91 Å². The lowest BCUT2D eigenvalue weighted by Gasteiger charge is -2.23. The van der Waals surface area contributed by atoms with E-state index >= 15 is 0 Å². The summed E-state index contributed by atoms with van der Waals surface area (Å²) in [7, 11) is 0. The van der Waals surface area contributed by atoms with Crippen molar-refractivity contribution in [2.75, 3.05) is 13.1 Å². The highest BCUT2D eigenvalue weighted by Crippen LogP contribution is 2.32. The predicted octanol–water partition coefficient (Wildman–Crippen LogP) is 4.64. The van der Waals surface area contributed by atoms with Gasteiger partial charge in [-0.05, 0) is 55.5 Å². The number of fused-ring (bicyclic) bond motifs is 2. The van der Waals surface area contributed by atoms with Crippen LogP contribution in [0.1, 0.15) is 51.2 Å². The minimum absolute atomic E-state index is 0.0355. The van der Waals surface area contributed by atoms with Crippen LogP contribution in [0, 0.1) is 6.92 Å². The van der Waals surface area contributed by atoms with Gasteiger partial charge in [-0.1, -0.05) is 17.7 Å². The molecule has 3 aromatic rings. The zero-order chi connectivity index (χ0) is 21.2. The third-order valence-corrected chi connectivity index (χ3v) is 7.77. The second kappa shape index (κ2) is 9.10. The quantitative estimate of drug-likeness (QED) is 0.611. The van der Waals surface area contributed by atoms with Gasteiger partial charge in [-0.3, -0.25) is 9.69 Å². The number of hydrogen-bond acceptors (Lipinski definition) is 6. The normalized spacial score (nSPS) is 18.5. The van der Waals surface area contributed by atoms with Crippen molar-refractivity contribution in [2.24, 2.45) is 0 Å². The highest BCUT2D eigenvalue weighted by molar-refractivity contribution is 7.11. The van der Waals surface area contributed by atoms with Crippen LogP contribution in [-0.4, -0.2) is 28.9 Å². The number of benzene rings is 1. The first-order valence-corrected chi connectivity index (χ1v) is 12.6. The fraction of sp³-hybridized carbons (Fsp3) is 0.417. The summed E-state index contributed by atoms with van der Waals surface area (Å²) in [5.41, 5.74) is 4.75. The Hall–Kier alpha value is -2.22. The molecule has 2 aliphatic rings. The van der Waals surface area contributed by atoms with Crippen molar-refractivity contribution in [3.8, 4) is 5.75 Å². The van der Waals surface area contributed by atoms with E-state index < -0.39 is 0 Å². The summed E-state index contributed by atoms with van der Waals surface area (Å²) >= 11 is 3.43. The average Bonchev–Trinajstić information content (AvgIpc) is 3.39. The number of amides is 1. The lowest BCUT2D eigenvalue weighted by molar-refractivity contribution is -0.122. The molecule has 7 heteroatoms. The molecule has 1 amide bonds. The van der Waals surface area contributed by atoms with Gasteiger partial charge < -0.3 is 10.1 Å². The lowest BCUT2D eigenvalue weighted by atomic mass is 10.0. The molecular weight excluding hydrogens is 426 g/mol. The first-order chi connectivity index (χ1) is 15.1. The van der Waals surface area contributed by atoms with Crippen LogP contribution in [0.25, 0.3) is 0 Å². The number of hydrogen-bond donors (Lipinski definition) is 1. The van der Waals surface area contributed by atoms with Gasteiger partial charge in [0.25, 0.3) is 0 Å². The fourth-order valence-electron chi connectivity index (χ4n) is 4.34. The third kappa shape index (κ3) is 4.84.